The summed E-state index contributed by atoms with van der Waals surface area (Å²) in [5.41, 5.74) is 1.10. The molecule has 1 aromatic heterocycles. The van der Waals surface area contributed by atoms with Crippen LogP contribution in [0.1, 0.15) is 44.2 Å². The molecule has 2 heterocycles. The molecular formula is C15H27N3OS. The van der Waals surface area contributed by atoms with Gasteiger partial charge in [-0.25, -0.2) is 4.98 Å². The van der Waals surface area contributed by atoms with E-state index >= 15 is 0 Å². The smallest absolute Gasteiger partial charge is 0.186 e. The lowest BCUT2D eigenvalue weighted by Crippen LogP contribution is -2.25. The van der Waals surface area contributed by atoms with Crippen molar-refractivity contribution in [2.45, 2.75) is 52.8 Å². The summed E-state index contributed by atoms with van der Waals surface area (Å²) < 4.78 is 5.30. The van der Waals surface area contributed by atoms with Crippen molar-refractivity contribution in [3.05, 3.63) is 10.6 Å². The van der Waals surface area contributed by atoms with Crippen LogP contribution < -0.4 is 10.2 Å². The Balaban J connectivity index is 2.06. The van der Waals surface area contributed by atoms with Gasteiger partial charge in [-0.2, -0.15) is 0 Å². The number of ether oxygens (including phenoxy) is 1. The monoisotopic (exact) mass is 297 g/mol. The molecule has 4 nitrogen and oxygen atoms in total. The van der Waals surface area contributed by atoms with Crippen LogP contribution >= 0.6 is 11.3 Å². The first-order valence-electron chi connectivity index (χ1n) is 7.56. The van der Waals surface area contributed by atoms with Crippen LogP contribution in [-0.4, -0.2) is 31.2 Å². The van der Waals surface area contributed by atoms with E-state index in [1.807, 2.05) is 11.3 Å². The summed E-state index contributed by atoms with van der Waals surface area (Å²) in [6.07, 6.45) is 2.56. The highest BCUT2D eigenvalue weighted by atomic mass is 32.1. The van der Waals surface area contributed by atoms with Gasteiger partial charge in [0.05, 0.1) is 12.3 Å². The number of nitrogens with zero attached hydrogens (tertiary/aromatic N) is 2. The number of anilines is 1. The third-order valence-electron chi connectivity index (χ3n) is 3.68. The lowest BCUT2D eigenvalue weighted by molar-refractivity contribution is 0.181. The predicted octanol–water partition coefficient (Wildman–Crippen LogP) is 3.02. The van der Waals surface area contributed by atoms with Crippen molar-refractivity contribution >= 4 is 16.5 Å². The number of hydrogen-bond acceptors (Lipinski definition) is 5. The maximum atomic E-state index is 5.30. The molecule has 20 heavy (non-hydrogen) atoms. The van der Waals surface area contributed by atoms with E-state index < -0.39 is 0 Å². The molecule has 0 aliphatic carbocycles. The lowest BCUT2D eigenvalue weighted by Gasteiger charge is -2.19. The average molecular weight is 297 g/mol. The van der Waals surface area contributed by atoms with Crippen LogP contribution in [0.25, 0.3) is 0 Å². The molecule has 1 aliphatic rings. The number of rotatable bonds is 7. The molecular weight excluding hydrogens is 270 g/mol. The van der Waals surface area contributed by atoms with Crippen molar-refractivity contribution in [1.82, 2.24) is 10.3 Å². The first-order valence-corrected chi connectivity index (χ1v) is 8.38. The molecule has 0 saturated carbocycles. The zero-order valence-corrected chi connectivity index (χ0v) is 13.9. The number of hydrogen-bond donors (Lipinski definition) is 1. The first-order chi connectivity index (χ1) is 9.61. The second-order valence-electron chi connectivity index (χ2n) is 6.01. The predicted molar refractivity (Wildman–Crippen MR) is 85.4 cm³/mol. The molecule has 2 rings (SSSR count). The summed E-state index contributed by atoms with van der Waals surface area (Å²) in [5, 5.41) is 4.68. The van der Waals surface area contributed by atoms with Gasteiger partial charge < -0.3 is 15.0 Å². The van der Waals surface area contributed by atoms with Gasteiger partial charge in [0.1, 0.15) is 0 Å². The third kappa shape index (κ3) is 3.93. The summed E-state index contributed by atoms with van der Waals surface area (Å²) in [5.74, 6) is 0.673. The van der Waals surface area contributed by atoms with Crippen LogP contribution in [0.4, 0.5) is 5.13 Å². The van der Waals surface area contributed by atoms with Crippen molar-refractivity contribution < 1.29 is 4.74 Å². The van der Waals surface area contributed by atoms with E-state index in [-0.39, 0.29) is 0 Å². The minimum atomic E-state index is 0.609. The number of thiazole rings is 1. The Morgan fingerprint density at radius 2 is 2.30 bits per heavy atom. The summed E-state index contributed by atoms with van der Waals surface area (Å²) >= 11 is 1.82. The Bertz CT molecular complexity index is 419. The fraction of sp³-hybridized carbons (Fsp3) is 0.800. The van der Waals surface area contributed by atoms with E-state index in [4.69, 9.17) is 9.72 Å². The molecule has 0 aromatic carbocycles. The minimum Gasteiger partial charge on any atom is -0.378 e. The molecule has 0 amide bonds. The SMILES string of the molecule is COCc1nc(N2CCCC2C)sc1CNCC(C)C. The highest BCUT2D eigenvalue weighted by Crippen LogP contribution is 2.32. The molecule has 0 bridgehead atoms. The Hall–Kier alpha value is -0.650. The van der Waals surface area contributed by atoms with Crippen LogP contribution in [0.3, 0.4) is 0 Å². The molecule has 0 radical (unpaired) electrons. The zero-order valence-electron chi connectivity index (χ0n) is 13.1. The normalized spacial score (nSPS) is 19.2. The molecule has 1 fully saturated rings. The van der Waals surface area contributed by atoms with E-state index in [1.54, 1.807) is 7.11 Å². The molecule has 1 aliphatic heterocycles. The van der Waals surface area contributed by atoms with E-state index in [0.717, 1.165) is 25.3 Å². The maximum absolute atomic E-state index is 5.30. The van der Waals surface area contributed by atoms with Gasteiger partial charge in [0.25, 0.3) is 0 Å². The Labute approximate surface area is 126 Å². The molecule has 1 atom stereocenters. The Kier molecular flexibility index (Phi) is 5.81. The van der Waals surface area contributed by atoms with Crippen molar-refractivity contribution in [3.63, 3.8) is 0 Å². The van der Waals surface area contributed by atoms with Crippen LogP contribution in [0, 0.1) is 5.92 Å². The molecule has 114 valence electrons. The Morgan fingerprint density at radius 1 is 1.50 bits per heavy atom. The van der Waals surface area contributed by atoms with Gasteiger partial charge >= 0.3 is 0 Å². The van der Waals surface area contributed by atoms with Crippen LogP contribution in [-0.2, 0) is 17.9 Å². The second-order valence-corrected chi connectivity index (χ2v) is 7.07. The Morgan fingerprint density at radius 3 is 2.90 bits per heavy atom. The number of nitrogens with one attached hydrogen (secondary N) is 1. The molecule has 1 N–H and O–H groups in total. The quantitative estimate of drug-likeness (QED) is 0.839. The van der Waals surface area contributed by atoms with Crippen molar-refractivity contribution in [2.75, 3.05) is 25.1 Å². The molecule has 1 unspecified atom stereocenters. The van der Waals surface area contributed by atoms with Crippen molar-refractivity contribution in [2.24, 2.45) is 5.92 Å². The van der Waals surface area contributed by atoms with Gasteiger partial charge in [0.2, 0.25) is 0 Å². The first kappa shape index (κ1) is 15.7. The van der Waals surface area contributed by atoms with Gasteiger partial charge in [-0.1, -0.05) is 13.8 Å². The highest BCUT2D eigenvalue weighted by Gasteiger charge is 2.24. The zero-order chi connectivity index (χ0) is 14.5. The van der Waals surface area contributed by atoms with Gasteiger partial charge in [-0.3, -0.25) is 0 Å². The average Bonchev–Trinajstić information content (AvgIpc) is 2.96. The van der Waals surface area contributed by atoms with E-state index in [9.17, 15) is 0 Å². The van der Waals surface area contributed by atoms with Gasteiger partial charge in [0.15, 0.2) is 5.13 Å². The fourth-order valence-electron chi connectivity index (χ4n) is 2.57. The highest BCUT2D eigenvalue weighted by molar-refractivity contribution is 7.15. The van der Waals surface area contributed by atoms with Crippen molar-refractivity contribution in [3.8, 4) is 0 Å². The van der Waals surface area contributed by atoms with Crippen LogP contribution in [0.2, 0.25) is 0 Å². The van der Waals surface area contributed by atoms with Gasteiger partial charge in [-0.05, 0) is 32.2 Å². The molecule has 1 aromatic rings. The van der Waals surface area contributed by atoms with E-state index in [2.05, 4.69) is 31.0 Å². The summed E-state index contributed by atoms with van der Waals surface area (Å²) in [6.45, 7) is 10.4. The number of methoxy groups -OCH3 is 1. The minimum absolute atomic E-state index is 0.609. The second kappa shape index (κ2) is 7.38. The van der Waals surface area contributed by atoms with Crippen LogP contribution in [0.5, 0.6) is 0 Å². The fourth-order valence-corrected chi connectivity index (χ4v) is 3.73. The summed E-state index contributed by atoms with van der Waals surface area (Å²) in [4.78, 5) is 8.57. The van der Waals surface area contributed by atoms with Crippen LogP contribution in [0.15, 0.2) is 0 Å². The standard InChI is InChI=1S/C15H27N3OS/c1-11(2)8-16-9-14-13(10-19-4)17-15(20-14)18-7-5-6-12(18)3/h11-12,16H,5-10H2,1-4H3. The van der Waals surface area contributed by atoms with E-state index in [1.165, 1.54) is 22.9 Å². The summed E-state index contributed by atoms with van der Waals surface area (Å²) in [6, 6.07) is 0.619. The van der Waals surface area contributed by atoms with Gasteiger partial charge in [0, 0.05) is 31.1 Å². The topological polar surface area (TPSA) is 37.4 Å². The summed E-state index contributed by atoms with van der Waals surface area (Å²) in [7, 11) is 1.74. The van der Waals surface area contributed by atoms with Crippen molar-refractivity contribution in [1.29, 1.82) is 0 Å². The molecule has 0 spiro atoms. The molecule has 5 heteroatoms. The van der Waals surface area contributed by atoms with E-state index in [0.29, 0.717) is 18.6 Å². The largest absolute Gasteiger partial charge is 0.378 e. The molecule has 1 saturated heterocycles. The lowest BCUT2D eigenvalue weighted by atomic mass is 10.2. The maximum Gasteiger partial charge on any atom is 0.186 e. The third-order valence-corrected chi connectivity index (χ3v) is 4.82. The number of aromatic nitrogens is 1. The van der Waals surface area contributed by atoms with Gasteiger partial charge in [-0.15, -0.1) is 11.3 Å².